The molecule has 2 aromatic heterocycles. The lowest BCUT2D eigenvalue weighted by Crippen LogP contribution is -2.23. The summed E-state index contributed by atoms with van der Waals surface area (Å²) in [7, 11) is 0. The molecule has 0 aliphatic rings. The van der Waals surface area contributed by atoms with Crippen LogP contribution in [0.25, 0.3) is 32.7 Å². The lowest BCUT2D eigenvalue weighted by molar-refractivity contribution is -0.137. The first-order valence-corrected chi connectivity index (χ1v) is 11.6. The second-order valence-electron chi connectivity index (χ2n) is 7.92. The van der Waals surface area contributed by atoms with Crippen LogP contribution in [-0.2, 0) is 19.1 Å². The highest BCUT2D eigenvalue weighted by Crippen LogP contribution is 2.30. The summed E-state index contributed by atoms with van der Waals surface area (Å²) in [6.45, 7) is 0.219. The standard InChI is InChI=1S/C27H19F3N2OS/c28-27(29,30)22-8-4-5-18(17-22)13-15-32-25(31-23-14-16-34-24(23)26(32)33)21-11-9-20(10-12-21)19-6-2-1-3-7-19/h1-12,14,16-17H,13,15H2. The zero-order chi connectivity index (χ0) is 23.7. The number of hydrogen-bond donors (Lipinski definition) is 0. The molecule has 0 radical (unpaired) electrons. The van der Waals surface area contributed by atoms with Gasteiger partial charge in [-0.05, 0) is 40.6 Å². The smallest absolute Gasteiger partial charge is 0.291 e. The number of aryl methyl sites for hydroxylation is 1. The van der Waals surface area contributed by atoms with Crippen LogP contribution in [0.15, 0.2) is 95.1 Å². The second kappa shape index (κ2) is 8.91. The van der Waals surface area contributed by atoms with Crippen molar-refractivity contribution in [2.45, 2.75) is 19.1 Å². The van der Waals surface area contributed by atoms with E-state index in [1.165, 1.54) is 17.4 Å². The minimum atomic E-state index is -4.41. The fourth-order valence-corrected chi connectivity index (χ4v) is 4.74. The Hall–Kier alpha value is -3.71. The topological polar surface area (TPSA) is 34.9 Å². The number of nitrogens with zero attached hydrogens (tertiary/aromatic N) is 2. The van der Waals surface area contributed by atoms with Crippen molar-refractivity contribution in [3.63, 3.8) is 0 Å². The van der Waals surface area contributed by atoms with Gasteiger partial charge in [-0.3, -0.25) is 9.36 Å². The molecule has 0 spiro atoms. The van der Waals surface area contributed by atoms with Crippen LogP contribution in [0.4, 0.5) is 13.2 Å². The molecule has 5 aromatic rings. The fraction of sp³-hybridized carbons (Fsp3) is 0.111. The maximum absolute atomic E-state index is 13.3. The number of thiophene rings is 1. The normalized spacial score (nSPS) is 11.7. The molecule has 0 unspecified atom stereocenters. The lowest BCUT2D eigenvalue weighted by Gasteiger charge is -2.14. The number of aromatic nitrogens is 2. The Morgan fingerprint density at radius 1 is 0.824 bits per heavy atom. The molecule has 34 heavy (non-hydrogen) atoms. The Labute approximate surface area is 197 Å². The molecule has 3 nitrogen and oxygen atoms in total. The molecule has 0 fully saturated rings. The van der Waals surface area contributed by atoms with Gasteiger partial charge in [0.2, 0.25) is 0 Å². The molecule has 0 saturated carbocycles. The second-order valence-corrected chi connectivity index (χ2v) is 8.83. The van der Waals surface area contributed by atoms with E-state index in [0.29, 0.717) is 21.6 Å². The van der Waals surface area contributed by atoms with Crippen molar-refractivity contribution in [3.8, 4) is 22.5 Å². The highest BCUT2D eigenvalue weighted by Gasteiger charge is 2.30. The van der Waals surface area contributed by atoms with Crippen molar-refractivity contribution < 1.29 is 13.2 Å². The minimum absolute atomic E-state index is 0.186. The summed E-state index contributed by atoms with van der Waals surface area (Å²) in [6.07, 6.45) is -4.13. The van der Waals surface area contributed by atoms with Crippen LogP contribution in [0.5, 0.6) is 0 Å². The molecule has 0 aliphatic carbocycles. The van der Waals surface area contributed by atoms with E-state index in [1.54, 1.807) is 16.7 Å². The highest BCUT2D eigenvalue weighted by molar-refractivity contribution is 7.17. The molecule has 0 atom stereocenters. The van der Waals surface area contributed by atoms with E-state index in [0.717, 1.165) is 28.8 Å². The minimum Gasteiger partial charge on any atom is -0.291 e. The van der Waals surface area contributed by atoms with Gasteiger partial charge in [-0.1, -0.05) is 72.8 Å². The van der Waals surface area contributed by atoms with Crippen molar-refractivity contribution in [2.75, 3.05) is 0 Å². The van der Waals surface area contributed by atoms with Crippen LogP contribution in [0.1, 0.15) is 11.1 Å². The van der Waals surface area contributed by atoms with Gasteiger partial charge in [-0.15, -0.1) is 11.3 Å². The van der Waals surface area contributed by atoms with E-state index in [2.05, 4.69) is 0 Å². The Morgan fingerprint density at radius 3 is 2.26 bits per heavy atom. The molecule has 7 heteroatoms. The van der Waals surface area contributed by atoms with Crippen molar-refractivity contribution in [1.82, 2.24) is 9.55 Å². The molecule has 5 rings (SSSR count). The third kappa shape index (κ3) is 4.39. The van der Waals surface area contributed by atoms with Gasteiger partial charge in [0.1, 0.15) is 10.5 Å². The fourth-order valence-electron chi connectivity index (χ4n) is 3.96. The van der Waals surface area contributed by atoms with E-state index in [1.807, 2.05) is 60.0 Å². The molecule has 0 amide bonds. The van der Waals surface area contributed by atoms with Crippen molar-refractivity contribution in [3.05, 3.63) is 112 Å². The Balaban J connectivity index is 1.52. The van der Waals surface area contributed by atoms with Gasteiger partial charge in [0, 0.05) is 12.1 Å². The van der Waals surface area contributed by atoms with Gasteiger partial charge >= 0.3 is 6.18 Å². The quantitative estimate of drug-likeness (QED) is 0.272. The van der Waals surface area contributed by atoms with Gasteiger partial charge in [-0.25, -0.2) is 4.98 Å². The first-order chi connectivity index (χ1) is 16.4. The van der Waals surface area contributed by atoms with Gasteiger partial charge in [0.05, 0.1) is 11.1 Å². The average molecular weight is 477 g/mol. The van der Waals surface area contributed by atoms with E-state index in [4.69, 9.17) is 4.98 Å². The number of alkyl halides is 3. The highest BCUT2D eigenvalue weighted by atomic mass is 32.1. The summed E-state index contributed by atoms with van der Waals surface area (Å²) < 4.78 is 41.4. The molecule has 2 heterocycles. The SMILES string of the molecule is O=c1c2sccc2nc(-c2ccc(-c3ccccc3)cc2)n1CCc1cccc(C(F)(F)F)c1. The number of fused-ring (bicyclic) bond motifs is 1. The summed E-state index contributed by atoms with van der Waals surface area (Å²) in [5.41, 5.74) is 3.14. The number of hydrogen-bond acceptors (Lipinski definition) is 3. The van der Waals surface area contributed by atoms with Crippen LogP contribution < -0.4 is 5.56 Å². The predicted octanol–water partition coefficient (Wildman–Crippen LogP) is 7.05. The van der Waals surface area contributed by atoms with Crippen LogP contribution in [0, 0.1) is 0 Å². The maximum atomic E-state index is 13.3. The number of halogens is 3. The van der Waals surface area contributed by atoms with Gasteiger partial charge in [0.25, 0.3) is 5.56 Å². The third-order valence-electron chi connectivity index (χ3n) is 5.69. The summed E-state index contributed by atoms with van der Waals surface area (Å²) in [5, 5.41) is 1.82. The number of rotatable bonds is 5. The maximum Gasteiger partial charge on any atom is 0.416 e. The molecule has 170 valence electrons. The lowest BCUT2D eigenvalue weighted by atomic mass is 10.0. The summed E-state index contributed by atoms with van der Waals surface area (Å²) in [6, 6.07) is 24.8. The zero-order valence-electron chi connectivity index (χ0n) is 17.9. The molecular formula is C27H19F3N2OS. The van der Waals surface area contributed by atoms with Crippen molar-refractivity contribution >= 4 is 21.6 Å². The van der Waals surface area contributed by atoms with Gasteiger partial charge < -0.3 is 0 Å². The van der Waals surface area contributed by atoms with E-state index < -0.39 is 11.7 Å². The monoisotopic (exact) mass is 476 g/mol. The summed E-state index contributed by atoms with van der Waals surface area (Å²) in [4.78, 5) is 18.0. The van der Waals surface area contributed by atoms with Crippen LogP contribution in [0.3, 0.4) is 0 Å². The largest absolute Gasteiger partial charge is 0.416 e. The average Bonchev–Trinajstić information content (AvgIpc) is 3.33. The molecule has 0 aliphatic heterocycles. The summed E-state index contributed by atoms with van der Waals surface area (Å²) in [5.74, 6) is 0.502. The molecular weight excluding hydrogens is 457 g/mol. The van der Waals surface area contributed by atoms with Gasteiger partial charge in [0.15, 0.2) is 0 Å². The van der Waals surface area contributed by atoms with Crippen molar-refractivity contribution in [2.24, 2.45) is 0 Å². The third-order valence-corrected chi connectivity index (χ3v) is 6.59. The molecule has 0 saturated heterocycles. The van der Waals surface area contributed by atoms with E-state index in [9.17, 15) is 18.0 Å². The predicted molar refractivity (Wildman–Crippen MR) is 130 cm³/mol. The Morgan fingerprint density at radius 2 is 1.53 bits per heavy atom. The Bertz CT molecular complexity index is 1500. The molecule has 0 N–H and O–H groups in total. The Kier molecular flexibility index (Phi) is 5.79. The molecule has 0 bridgehead atoms. The van der Waals surface area contributed by atoms with Gasteiger partial charge in [-0.2, -0.15) is 13.2 Å². The first-order valence-electron chi connectivity index (χ1n) is 10.7. The van der Waals surface area contributed by atoms with E-state index >= 15 is 0 Å². The molecule has 3 aromatic carbocycles. The zero-order valence-corrected chi connectivity index (χ0v) is 18.7. The first kappa shape index (κ1) is 22.1. The van der Waals surface area contributed by atoms with Crippen LogP contribution in [0.2, 0.25) is 0 Å². The summed E-state index contributed by atoms with van der Waals surface area (Å²) >= 11 is 1.31. The van der Waals surface area contributed by atoms with Crippen LogP contribution >= 0.6 is 11.3 Å². The van der Waals surface area contributed by atoms with Crippen LogP contribution in [-0.4, -0.2) is 9.55 Å². The van der Waals surface area contributed by atoms with Crippen molar-refractivity contribution in [1.29, 1.82) is 0 Å². The van der Waals surface area contributed by atoms with E-state index in [-0.39, 0.29) is 18.5 Å². The number of benzene rings is 3.